The second-order valence-electron chi connectivity index (χ2n) is 6.05. The smallest absolute Gasteiger partial charge is 0.310 e. The minimum Gasteiger partial charge on any atom is -0.505 e. The fourth-order valence-electron chi connectivity index (χ4n) is 2.23. The van der Waals surface area contributed by atoms with Gasteiger partial charge in [-0.25, -0.2) is 16.8 Å². The molecule has 0 heterocycles. The summed E-state index contributed by atoms with van der Waals surface area (Å²) in [5, 5.41) is 9.47. The van der Waals surface area contributed by atoms with E-state index in [9.17, 15) is 41.4 Å². The van der Waals surface area contributed by atoms with Gasteiger partial charge in [-0.1, -0.05) is 47.0 Å². The lowest BCUT2D eigenvalue weighted by molar-refractivity contribution is 0.363. The van der Waals surface area contributed by atoms with E-state index in [0.29, 0.717) is 12.3 Å². The summed E-state index contributed by atoms with van der Waals surface area (Å²) < 4.78 is 115. The molecular weight excluding hydrogens is 555 g/mol. The number of rotatable bonds is 5. The molecule has 0 atom stereocenters. The van der Waals surface area contributed by atoms with E-state index in [2.05, 4.69) is 15.9 Å². The minimum atomic E-state index is -10.3. The van der Waals surface area contributed by atoms with Crippen LogP contribution >= 0.6 is 37.8 Å². The van der Waals surface area contributed by atoms with Crippen LogP contribution in [0.3, 0.4) is 0 Å². The van der Waals surface area contributed by atoms with Gasteiger partial charge in [0.2, 0.25) is 0 Å². The SMILES string of the molecule is CS(=O)(=O)c1cc(CS(=O)(=O)c2cc(Br)cc(Cl)c2O)cc(S(F)(F)(F)(F)F)c1. The van der Waals surface area contributed by atoms with Crippen LogP contribution in [0.4, 0.5) is 19.4 Å². The molecule has 2 aromatic rings. The third-order valence-corrected chi connectivity index (χ3v) is 8.16. The maximum absolute atomic E-state index is 13.2. The van der Waals surface area contributed by atoms with Crippen LogP contribution in [0.25, 0.3) is 0 Å². The van der Waals surface area contributed by atoms with Gasteiger partial charge in [0.15, 0.2) is 25.4 Å². The topological polar surface area (TPSA) is 88.5 Å². The third kappa shape index (κ3) is 5.75. The van der Waals surface area contributed by atoms with Crippen molar-refractivity contribution in [2.45, 2.75) is 20.4 Å². The molecular formula is C14H11BrClF5O5S3. The molecule has 0 bridgehead atoms. The molecule has 0 spiro atoms. The minimum absolute atomic E-state index is 0.108. The van der Waals surface area contributed by atoms with Gasteiger partial charge in [-0.2, -0.15) is 0 Å². The number of sulfone groups is 2. The van der Waals surface area contributed by atoms with Crippen molar-refractivity contribution in [2.24, 2.45) is 0 Å². The molecule has 0 aliphatic carbocycles. The van der Waals surface area contributed by atoms with Gasteiger partial charge in [-0.3, -0.25) is 0 Å². The Hall–Kier alpha value is -1.09. The number of benzene rings is 2. The summed E-state index contributed by atoms with van der Waals surface area (Å²) in [6.45, 7) is 0. The molecule has 0 aliphatic rings. The Morgan fingerprint density at radius 3 is 2.03 bits per heavy atom. The Kier molecular flexibility index (Phi) is 5.38. The fourth-order valence-corrected chi connectivity index (χ4v) is 6.22. The molecule has 0 radical (unpaired) electrons. The quantitative estimate of drug-likeness (QED) is 0.460. The maximum atomic E-state index is 13.2. The van der Waals surface area contributed by atoms with E-state index >= 15 is 0 Å². The highest BCUT2D eigenvalue weighted by Gasteiger charge is 2.65. The maximum Gasteiger partial charge on any atom is 0.310 e. The summed E-state index contributed by atoms with van der Waals surface area (Å²) in [6, 6.07) is 2.20. The molecule has 2 rings (SSSR count). The zero-order chi connectivity index (χ0) is 22.7. The Bertz CT molecular complexity index is 1230. The monoisotopic (exact) mass is 564 g/mol. The lowest BCUT2D eigenvalue weighted by Crippen LogP contribution is -2.11. The molecule has 0 saturated heterocycles. The van der Waals surface area contributed by atoms with Gasteiger partial charge in [-0.05, 0) is 35.9 Å². The first kappa shape index (κ1) is 24.2. The second kappa shape index (κ2) is 6.45. The molecule has 0 unspecified atom stereocenters. The first-order chi connectivity index (χ1) is 12.6. The lowest BCUT2D eigenvalue weighted by Gasteiger charge is -2.40. The number of hydrogen-bond donors (Lipinski definition) is 1. The van der Waals surface area contributed by atoms with Gasteiger partial charge in [0, 0.05) is 10.7 Å². The van der Waals surface area contributed by atoms with Crippen LogP contribution in [0.1, 0.15) is 5.56 Å². The molecule has 0 amide bonds. The van der Waals surface area contributed by atoms with Gasteiger partial charge < -0.3 is 5.11 Å². The van der Waals surface area contributed by atoms with Crippen molar-refractivity contribution in [1.82, 2.24) is 0 Å². The van der Waals surface area contributed by atoms with E-state index in [1.807, 2.05) is 0 Å². The molecule has 29 heavy (non-hydrogen) atoms. The highest BCUT2D eigenvalue weighted by molar-refractivity contribution is 9.10. The predicted molar refractivity (Wildman–Crippen MR) is 103 cm³/mol. The van der Waals surface area contributed by atoms with Crippen molar-refractivity contribution in [1.29, 1.82) is 0 Å². The van der Waals surface area contributed by atoms with Crippen molar-refractivity contribution < 1.29 is 41.4 Å². The Labute approximate surface area is 176 Å². The molecule has 5 nitrogen and oxygen atoms in total. The largest absolute Gasteiger partial charge is 0.505 e. The first-order valence-corrected chi connectivity index (χ1v) is 13.8. The zero-order valence-corrected chi connectivity index (χ0v) is 18.8. The molecule has 15 heteroatoms. The van der Waals surface area contributed by atoms with Gasteiger partial charge in [0.25, 0.3) is 0 Å². The van der Waals surface area contributed by atoms with Crippen molar-refractivity contribution in [3.05, 3.63) is 45.4 Å². The first-order valence-electron chi connectivity index (χ1n) is 7.09. The normalized spacial score (nSPS) is 15.6. The van der Waals surface area contributed by atoms with Crippen LogP contribution < -0.4 is 0 Å². The third-order valence-electron chi connectivity index (χ3n) is 3.50. The highest BCUT2D eigenvalue weighted by atomic mass is 79.9. The average molecular weight is 566 g/mol. The second-order valence-corrected chi connectivity index (χ2v) is 13.8. The summed E-state index contributed by atoms with van der Waals surface area (Å²) in [5.74, 6) is -2.21. The standard InChI is InChI=1S/C14H11BrClF5O5S3/c1-27(23,24)10-2-8(3-11(6-10)29(17,18,19,20)21)7-28(25,26)13-5-9(15)4-12(16)14(13)22/h2-6,22H,7H2,1H3. The summed E-state index contributed by atoms with van der Waals surface area (Å²) in [5.41, 5.74) is -0.869. The van der Waals surface area contributed by atoms with E-state index in [0.717, 1.165) is 12.1 Å². The summed E-state index contributed by atoms with van der Waals surface area (Å²) in [6.07, 6.45) is 0.482. The van der Waals surface area contributed by atoms with Crippen LogP contribution in [0.5, 0.6) is 5.75 Å². The number of phenolic OH excluding ortho intramolecular Hbond substituents is 1. The molecule has 2 aromatic carbocycles. The summed E-state index contributed by atoms with van der Waals surface area (Å²) >= 11 is 8.60. The van der Waals surface area contributed by atoms with Crippen LogP contribution in [0, 0.1) is 0 Å². The van der Waals surface area contributed by atoms with Gasteiger partial charge >= 0.3 is 10.2 Å². The molecule has 0 aliphatic heterocycles. The Morgan fingerprint density at radius 2 is 1.55 bits per heavy atom. The molecule has 0 saturated carbocycles. The number of phenols is 1. The van der Waals surface area contributed by atoms with Crippen molar-refractivity contribution in [2.75, 3.05) is 6.26 Å². The van der Waals surface area contributed by atoms with Gasteiger partial charge in [-0.15, -0.1) is 0 Å². The van der Waals surface area contributed by atoms with Crippen LogP contribution in [0.2, 0.25) is 5.02 Å². The van der Waals surface area contributed by atoms with Crippen LogP contribution in [0.15, 0.2) is 49.5 Å². The number of aromatic hydroxyl groups is 1. The van der Waals surface area contributed by atoms with E-state index in [1.54, 1.807) is 0 Å². The van der Waals surface area contributed by atoms with Crippen LogP contribution in [-0.2, 0) is 25.4 Å². The van der Waals surface area contributed by atoms with E-state index in [1.165, 1.54) is 0 Å². The molecule has 0 aromatic heterocycles. The molecule has 1 N–H and O–H groups in total. The van der Waals surface area contributed by atoms with Crippen molar-refractivity contribution in [3.63, 3.8) is 0 Å². The predicted octanol–water partition coefficient (Wildman–Crippen LogP) is 5.84. The molecule has 164 valence electrons. The lowest BCUT2D eigenvalue weighted by atomic mass is 10.2. The van der Waals surface area contributed by atoms with Crippen LogP contribution in [-0.4, -0.2) is 28.2 Å². The highest BCUT2D eigenvalue weighted by Crippen LogP contribution is 3.02. The Morgan fingerprint density at radius 1 is 1.00 bits per heavy atom. The van der Waals surface area contributed by atoms with Gasteiger partial charge in [0.1, 0.15) is 9.79 Å². The van der Waals surface area contributed by atoms with E-state index < -0.39 is 66.7 Å². The number of halogens is 7. The zero-order valence-electron chi connectivity index (χ0n) is 14.0. The van der Waals surface area contributed by atoms with Crippen molar-refractivity contribution in [3.8, 4) is 5.75 Å². The van der Waals surface area contributed by atoms with E-state index in [-0.39, 0.29) is 16.6 Å². The van der Waals surface area contributed by atoms with Gasteiger partial charge in [0.05, 0.1) is 15.7 Å². The summed E-state index contributed by atoms with van der Waals surface area (Å²) in [7, 11) is -19.3. The van der Waals surface area contributed by atoms with Crippen molar-refractivity contribution >= 4 is 57.4 Å². The average Bonchev–Trinajstić information content (AvgIpc) is 2.46. The number of hydrogen-bond acceptors (Lipinski definition) is 5. The van der Waals surface area contributed by atoms with E-state index in [4.69, 9.17) is 11.6 Å². The Balaban J connectivity index is 2.74. The summed E-state index contributed by atoms with van der Waals surface area (Å²) in [4.78, 5) is -4.46. The molecule has 0 fully saturated rings. The fraction of sp³-hybridized carbons (Fsp3) is 0.143.